The molecule has 0 saturated heterocycles. The number of carboxylic acids is 1. The zero-order valence-electron chi connectivity index (χ0n) is 13.1. The Balaban J connectivity index is 2.16. The number of Topliss-reactive ketones (excluding diaryl/α,β-unsaturated/α-hetero) is 1. The van der Waals surface area contributed by atoms with Gasteiger partial charge in [0, 0.05) is 12.0 Å². The quantitative estimate of drug-likeness (QED) is 0.768. The van der Waals surface area contributed by atoms with Gasteiger partial charge in [0.15, 0.2) is 5.78 Å². The molecule has 0 aliphatic carbocycles. The van der Waals surface area contributed by atoms with E-state index in [9.17, 15) is 9.59 Å². The molecule has 23 heavy (non-hydrogen) atoms. The van der Waals surface area contributed by atoms with Crippen LogP contribution in [0.3, 0.4) is 0 Å². The molecule has 0 fully saturated rings. The molecule has 0 amide bonds. The van der Waals surface area contributed by atoms with Crippen molar-refractivity contribution in [2.45, 2.75) is 25.8 Å². The fraction of sp³-hybridized carbons (Fsp3) is 0.263. The second-order valence-corrected chi connectivity index (χ2v) is 5.82. The minimum absolute atomic E-state index is 0.00884. The van der Waals surface area contributed by atoms with Gasteiger partial charge in [0.1, 0.15) is 6.04 Å². The van der Waals surface area contributed by atoms with Crippen LogP contribution in [0, 0.1) is 5.92 Å². The average Bonchev–Trinajstić information content (AvgIpc) is 2.55. The van der Waals surface area contributed by atoms with Gasteiger partial charge in [-0.05, 0) is 23.5 Å². The van der Waals surface area contributed by atoms with Gasteiger partial charge in [0.2, 0.25) is 0 Å². The molecular weight excluding hydrogens is 290 g/mol. The normalized spacial score (nSPS) is 13.3. The standard InChI is InChI=1S/C19H21NO3/c1-13(11-17(20)19(22)23)12-18(21)16-10-6-5-9-15(16)14-7-3-2-4-8-14/h2-10,13,17H,11-12,20H2,1H3,(H,22,23). The van der Waals surface area contributed by atoms with Gasteiger partial charge >= 0.3 is 5.97 Å². The molecule has 0 aliphatic heterocycles. The highest BCUT2D eigenvalue weighted by Crippen LogP contribution is 2.26. The van der Waals surface area contributed by atoms with Crippen molar-refractivity contribution in [1.29, 1.82) is 0 Å². The molecule has 4 nitrogen and oxygen atoms in total. The molecule has 0 aromatic heterocycles. The van der Waals surface area contributed by atoms with Crippen LogP contribution in [0.25, 0.3) is 11.1 Å². The maximum Gasteiger partial charge on any atom is 0.320 e. The summed E-state index contributed by atoms with van der Waals surface area (Å²) in [5.74, 6) is -1.11. The van der Waals surface area contributed by atoms with Gasteiger partial charge in [0.05, 0.1) is 0 Å². The molecule has 0 radical (unpaired) electrons. The van der Waals surface area contributed by atoms with Crippen molar-refractivity contribution >= 4 is 11.8 Å². The summed E-state index contributed by atoms with van der Waals surface area (Å²) in [5.41, 5.74) is 8.09. The van der Waals surface area contributed by atoms with E-state index in [2.05, 4.69) is 0 Å². The van der Waals surface area contributed by atoms with E-state index in [-0.39, 0.29) is 24.5 Å². The first kappa shape index (κ1) is 16.9. The molecule has 0 aliphatic rings. The molecule has 0 bridgehead atoms. The molecule has 2 unspecified atom stereocenters. The lowest BCUT2D eigenvalue weighted by Crippen LogP contribution is -2.32. The zero-order valence-corrected chi connectivity index (χ0v) is 13.1. The summed E-state index contributed by atoms with van der Waals surface area (Å²) in [6.07, 6.45) is 0.569. The summed E-state index contributed by atoms with van der Waals surface area (Å²) in [6, 6.07) is 16.3. The van der Waals surface area contributed by atoms with Crippen LogP contribution in [0.4, 0.5) is 0 Å². The summed E-state index contributed by atoms with van der Waals surface area (Å²) < 4.78 is 0. The molecule has 120 valence electrons. The van der Waals surface area contributed by atoms with Crippen LogP contribution < -0.4 is 5.73 Å². The van der Waals surface area contributed by atoms with Crippen LogP contribution in [0.5, 0.6) is 0 Å². The maximum atomic E-state index is 12.6. The molecule has 4 heteroatoms. The Labute approximate surface area is 136 Å². The molecular formula is C19H21NO3. The highest BCUT2D eigenvalue weighted by Gasteiger charge is 2.20. The van der Waals surface area contributed by atoms with Gasteiger partial charge in [-0.1, -0.05) is 61.5 Å². The van der Waals surface area contributed by atoms with E-state index in [0.717, 1.165) is 11.1 Å². The SMILES string of the molecule is CC(CC(=O)c1ccccc1-c1ccccc1)CC(N)C(=O)O. The topological polar surface area (TPSA) is 80.4 Å². The largest absolute Gasteiger partial charge is 0.480 e. The third kappa shape index (κ3) is 4.50. The van der Waals surface area contributed by atoms with Crippen LogP contribution in [-0.4, -0.2) is 22.9 Å². The first-order valence-corrected chi connectivity index (χ1v) is 7.65. The van der Waals surface area contributed by atoms with Gasteiger partial charge in [-0.3, -0.25) is 9.59 Å². The smallest absolute Gasteiger partial charge is 0.320 e. The number of carboxylic acid groups (broad SMARTS) is 1. The van der Waals surface area contributed by atoms with E-state index in [4.69, 9.17) is 10.8 Å². The van der Waals surface area contributed by atoms with Crippen molar-refractivity contribution in [3.63, 3.8) is 0 Å². The molecule has 2 aromatic carbocycles. The van der Waals surface area contributed by atoms with Crippen LogP contribution in [0.1, 0.15) is 30.1 Å². The van der Waals surface area contributed by atoms with Crippen molar-refractivity contribution in [1.82, 2.24) is 0 Å². The predicted molar refractivity (Wildman–Crippen MR) is 90.2 cm³/mol. The van der Waals surface area contributed by atoms with Crippen molar-refractivity contribution in [2.75, 3.05) is 0 Å². The molecule has 0 heterocycles. The number of hydrogen-bond acceptors (Lipinski definition) is 3. The molecule has 2 rings (SSSR count). The molecule has 2 aromatic rings. The lowest BCUT2D eigenvalue weighted by Gasteiger charge is -2.15. The first-order valence-electron chi connectivity index (χ1n) is 7.65. The number of carbonyl (C=O) groups excluding carboxylic acids is 1. The number of nitrogens with two attached hydrogens (primary N) is 1. The fourth-order valence-corrected chi connectivity index (χ4v) is 2.64. The zero-order chi connectivity index (χ0) is 16.8. The second kappa shape index (κ2) is 7.70. The number of carbonyl (C=O) groups is 2. The van der Waals surface area contributed by atoms with Gasteiger partial charge in [-0.25, -0.2) is 0 Å². The average molecular weight is 311 g/mol. The lowest BCUT2D eigenvalue weighted by molar-refractivity contribution is -0.138. The van der Waals surface area contributed by atoms with Gasteiger partial charge in [0.25, 0.3) is 0 Å². The molecule has 0 saturated carbocycles. The summed E-state index contributed by atoms with van der Waals surface area (Å²) in [5, 5.41) is 8.86. The van der Waals surface area contributed by atoms with Crippen LogP contribution in [0.2, 0.25) is 0 Å². The maximum absolute atomic E-state index is 12.6. The first-order chi connectivity index (χ1) is 11.0. The van der Waals surface area contributed by atoms with Gasteiger partial charge in [-0.15, -0.1) is 0 Å². The van der Waals surface area contributed by atoms with E-state index in [0.29, 0.717) is 5.56 Å². The highest BCUT2D eigenvalue weighted by molar-refractivity contribution is 6.02. The third-order valence-electron chi connectivity index (χ3n) is 3.82. The van der Waals surface area contributed by atoms with Crippen LogP contribution >= 0.6 is 0 Å². The van der Waals surface area contributed by atoms with Crippen LogP contribution in [0.15, 0.2) is 54.6 Å². The highest BCUT2D eigenvalue weighted by atomic mass is 16.4. The van der Waals surface area contributed by atoms with Gasteiger partial charge < -0.3 is 10.8 Å². The van der Waals surface area contributed by atoms with Gasteiger partial charge in [-0.2, -0.15) is 0 Å². The Hall–Kier alpha value is -2.46. The van der Waals surface area contributed by atoms with E-state index in [1.165, 1.54) is 0 Å². The Morgan fingerprint density at radius 1 is 1.04 bits per heavy atom. The fourth-order valence-electron chi connectivity index (χ4n) is 2.64. The van der Waals surface area contributed by atoms with Crippen LogP contribution in [-0.2, 0) is 4.79 Å². The lowest BCUT2D eigenvalue weighted by atomic mass is 9.90. The minimum atomic E-state index is -1.03. The van der Waals surface area contributed by atoms with Crippen molar-refractivity contribution in [3.05, 3.63) is 60.2 Å². The van der Waals surface area contributed by atoms with E-state index in [1.807, 2.05) is 61.5 Å². The van der Waals surface area contributed by atoms with Crippen molar-refractivity contribution < 1.29 is 14.7 Å². The molecule has 0 spiro atoms. The Bertz CT molecular complexity index is 682. The Morgan fingerprint density at radius 2 is 1.65 bits per heavy atom. The van der Waals surface area contributed by atoms with E-state index >= 15 is 0 Å². The number of benzene rings is 2. The molecule has 2 atom stereocenters. The van der Waals surface area contributed by atoms with E-state index < -0.39 is 12.0 Å². The Morgan fingerprint density at radius 3 is 2.30 bits per heavy atom. The summed E-state index contributed by atoms with van der Waals surface area (Å²) in [6.45, 7) is 1.85. The van der Waals surface area contributed by atoms with Crippen molar-refractivity contribution in [3.8, 4) is 11.1 Å². The number of rotatable bonds is 7. The number of hydrogen-bond donors (Lipinski definition) is 2. The minimum Gasteiger partial charge on any atom is -0.480 e. The summed E-state index contributed by atoms with van der Waals surface area (Å²) in [7, 11) is 0. The van der Waals surface area contributed by atoms with Crippen molar-refractivity contribution in [2.24, 2.45) is 11.7 Å². The third-order valence-corrected chi connectivity index (χ3v) is 3.82. The monoisotopic (exact) mass is 311 g/mol. The van der Waals surface area contributed by atoms with E-state index in [1.54, 1.807) is 0 Å². The number of ketones is 1. The molecule has 3 N–H and O–H groups in total. The summed E-state index contributed by atoms with van der Waals surface area (Å²) in [4.78, 5) is 23.4. The second-order valence-electron chi connectivity index (χ2n) is 5.82. The summed E-state index contributed by atoms with van der Waals surface area (Å²) >= 11 is 0. The number of aliphatic carboxylic acids is 1. The Kier molecular flexibility index (Phi) is 5.66. The predicted octanol–water partition coefficient (Wildman–Crippen LogP) is 3.36.